The van der Waals surface area contributed by atoms with Gasteiger partial charge in [-0.25, -0.2) is 0 Å². The first-order chi connectivity index (χ1) is 8.73. The predicted octanol–water partition coefficient (Wildman–Crippen LogP) is 3.77. The van der Waals surface area contributed by atoms with E-state index in [1.54, 1.807) is 18.9 Å². The Labute approximate surface area is 113 Å². The zero-order valence-corrected chi connectivity index (χ0v) is 12.0. The Kier molecular flexibility index (Phi) is 4.17. The molecular formula is C14H20N2OS. The first-order valence-electron chi connectivity index (χ1n) is 6.35. The molecule has 0 spiro atoms. The molecule has 98 valence electrons. The average molecular weight is 264 g/mol. The van der Waals surface area contributed by atoms with E-state index in [4.69, 9.17) is 9.73 Å². The standard InChI is InChI=1S/C14H20N2OS/c1-4-14(5-2)10-18-13(16-14)15-11-8-6-7-9-12(11)17-3/h6-9H,4-5,10H2,1-3H3,(H,15,16). The van der Waals surface area contributed by atoms with Gasteiger partial charge in [0.25, 0.3) is 0 Å². The van der Waals surface area contributed by atoms with E-state index in [1.807, 2.05) is 24.3 Å². The lowest BCUT2D eigenvalue weighted by Crippen LogP contribution is -2.24. The smallest absolute Gasteiger partial charge is 0.161 e. The van der Waals surface area contributed by atoms with E-state index in [1.165, 1.54) is 0 Å². The summed E-state index contributed by atoms with van der Waals surface area (Å²) in [5.74, 6) is 1.92. The van der Waals surface area contributed by atoms with Gasteiger partial charge in [-0.2, -0.15) is 0 Å². The minimum atomic E-state index is 0.120. The number of hydrogen-bond acceptors (Lipinski definition) is 4. The topological polar surface area (TPSA) is 33.6 Å². The molecule has 0 fully saturated rings. The first-order valence-corrected chi connectivity index (χ1v) is 7.34. The highest BCUT2D eigenvalue weighted by Crippen LogP contribution is 2.35. The summed E-state index contributed by atoms with van der Waals surface area (Å²) in [4.78, 5) is 4.84. The van der Waals surface area contributed by atoms with E-state index >= 15 is 0 Å². The summed E-state index contributed by atoms with van der Waals surface area (Å²) in [5.41, 5.74) is 1.10. The zero-order valence-electron chi connectivity index (χ0n) is 11.2. The zero-order chi connectivity index (χ0) is 13.0. The van der Waals surface area contributed by atoms with Gasteiger partial charge in [0, 0.05) is 5.75 Å². The molecule has 0 radical (unpaired) electrons. The monoisotopic (exact) mass is 264 g/mol. The number of para-hydroxylation sites is 2. The Bertz CT molecular complexity index is 441. The fourth-order valence-electron chi connectivity index (χ4n) is 2.02. The second kappa shape index (κ2) is 5.65. The number of ether oxygens (including phenoxy) is 1. The van der Waals surface area contributed by atoms with E-state index in [-0.39, 0.29) is 5.54 Å². The molecule has 4 heteroatoms. The van der Waals surface area contributed by atoms with Crippen LogP contribution in [0.15, 0.2) is 29.3 Å². The summed E-state index contributed by atoms with van der Waals surface area (Å²) in [7, 11) is 1.69. The molecule has 1 aromatic rings. The Hall–Kier alpha value is -1.16. The van der Waals surface area contributed by atoms with Crippen molar-refractivity contribution in [2.75, 3.05) is 18.2 Å². The van der Waals surface area contributed by atoms with Crippen LogP contribution in [-0.4, -0.2) is 23.6 Å². The molecule has 1 N–H and O–H groups in total. The Morgan fingerprint density at radius 1 is 1.33 bits per heavy atom. The van der Waals surface area contributed by atoms with Crippen LogP contribution in [0.2, 0.25) is 0 Å². The van der Waals surface area contributed by atoms with E-state index in [0.29, 0.717) is 0 Å². The van der Waals surface area contributed by atoms with E-state index in [9.17, 15) is 0 Å². The van der Waals surface area contributed by atoms with Crippen molar-refractivity contribution in [3.8, 4) is 5.75 Å². The van der Waals surface area contributed by atoms with Crippen molar-refractivity contribution < 1.29 is 4.74 Å². The van der Waals surface area contributed by atoms with Crippen LogP contribution in [0.1, 0.15) is 26.7 Å². The average Bonchev–Trinajstić information content (AvgIpc) is 2.83. The lowest BCUT2D eigenvalue weighted by atomic mass is 9.97. The van der Waals surface area contributed by atoms with Crippen LogP contribution in [0.25, 0.3) is 0 Å². The second-order valence-electron chi connectivity index (χ2n) is 4.46. The number of rotatable bonds is 4. The summed E-state index contributed by atoms with van der Waals surface area (Å²) < 4.78 is 5.33. The summed E-state index contributed by atoms with van der Waals surface area (Å²) in [6.45, 7) is 4.42. The van der Waals surface area contributed by atoms with Gasteiger partial charge >= 0.3 is 0 Å². The summed E-state index contributed by atoms with van der Waals surface area (Å²) in [6, 6.07) is 7.93. The number of aliphatic imine (C=N–C) groups is 1. The molecule has 0 bridgehead atoms. The molecule has 1 aliphatic rings. The fourth-order valence-corrected chi connectivity index (χ4v) is 3.34. The van der Waals surface area contributed by atoms with Gasteiger partial charge in [-0.15, -0.1) is 0 Å². The molecule has 0 saturated carbocycles. The Morgan fingerprint density at radius 2 is 2.06 bits per heavy atom. The van der Waals surface area contributed by atoms with Crippen molar-refractivity contribution in [2.45, 2.75) is 32.2 Å². The predicted molar refractivity (Wildman–Crippen MR) is 79.8 cm³/mol. The largest absolute Gasteiger partial charge is 0.495 e. The minimum absolute atomic E-state index is 0.120. The maximum absolute atomic E-state index is 5.33. The molecular weight excluding hydrogens is 244 g/mol. The summed E-state index contributed by atoms with van der Waals surface area (Å²) in [6.07, 6.45) is 2.18. The third kappa shape index (κ3) is 2.64. The van der Waals surface area contributed by atoms with Crippen molar-refractivity contribution in [2.24, 2.45) is 4.99 Å². The van der Waals surface area contributed by atoms with E-state index < -0.39 is 0 Å². The van der Waals surface area contributed by atoms with Crippen LogP contribution < -0.4 is 10.1 Å². The quantitative estimate of drug-likeness (QED) is 0.898. The maximum Gasteiger partial charge on any atom is 0.161 e. The van der Waals surface area contributed by atoms with Crippen LogP contribution in [0.3, 0.4) is 0 Å². The number of amidine groups is 1. The molecule has 18 heavy (non-hydrogen) atoms. The van der Waals surface area contributed by atoms with Crippen molar-refractivity contribution in [1.29, 1.82) is 0 Å². The summed E-state index contributed by atoms with van der Waals surface area (Å²) >= 11 is 1.80. The highest BCUT2D eigenvalue weighted by molar-refractivity contribution is 8.14. The van der Waals surface area contributed by atoms with Crippen molar-refractivity contribution in [3.05, 3.63) is 24.3 Å². The van der Waals surface area contributed by atoms with Crippen LogP contribution in [0, 0.1) is 0 Å². The number of nitrogens with one attached hydrogen (secondary N) is 1. The molecule has 3 nitrogen and oxygen atoms in total. The van der Waals surface area contributed by atoms with Gasteiger partial charge in [0.15, 0.2) is 5.17 Å². The molecule has 0 atom stereocenters. The molecule has 1 aromatic carbocycles. The molecule has 0 unspecified atom stereocenters. The molecule has 0 saturated heterocycles. The van der Waals surface area contributed by atoms with Gasteiger partial charge in [-0.1, -0.05) is 37.7 Å². The molecule has 0 aromatic heterocycles. The van der Waals surface area contributed by atoms with Crippen LogP contribution >= 0.6 is 11.8 Å². The lowest BCUT2D eigenvalue weighted by Gasteiger charge is -2.20. The Balaban J connectivity index is 2.15. The van der Waals surface area contributed by atoms with Gasteiger partial charge in [0.1, 0.15) is 5.75 Å². The fraction of sp³-hybridized carbons (Fsp3) is 0.500. The molecule has 0 amide bonds. The van der Waals surface area contributed by atoms with Crippen molar-refractivity contribution >= 4 is 22.6 Å². The van der Waals surface area contributed by atoms with Crippen molar-refractivity contribution in [1.82, 2.24) is 0 Å². The van der Waals surface area contributed by atoms with Crippen LogP contribution in [-0.2, 0) is 0 Å². The van der Waals surface area contributed by atoms with Gasteiger partial charge in [0.2, 0.25) is 0 Å². The van der Waals surface area contributed by atoms with Gasteiger partial charge < -0.3 is 10.1 Å². The van der Waals surface area contributed by atoms with Gasteiger partial charge in [-0.3, -0.25) is 4.99 Å². The highest BCUT2D eigenvalue weighted by Gasteiger charge is 2.32. The number of methoxy groups -OCH3 is 1. The SMILES string of the molecule is CCC1(CC)CSC(Nc2ccccc2OC)=N1. The van der Waals surface area contributed by atoms with Gasteiger partial charge in [0.05, 0.1) is 18.3 Å². The minimum Gasteiger partial charge on any atom is -0.495 e. The van der Waals surface area contributed by atoms with Crippen LogP contribution in [0.4, 0.5) is 5.69 Å². The number of nitrogens with zero attached hydrogens (tertiary/aromatic N) is 1. The lowest BCUT2D eigenvalue weighted by molar-refractivity contribution is 0.417. The Morgan fingerprint density at radius 3 is 2.67 bits per heavy atom. The highest BCUT2D eigenvalue weighted by atomic mass is 32.2. The van der Waals surface area contributed by atoms with Crippen molar-refractivity contribution in [3.63, 3.8) is 0 Å². The molecule has 2 rings (SSSR count). The van der Waals surface area contributed by atoms with E-state index in [2.05, 4.69) is 19.2 Å². The number of hydrogen-bond donors (Lipinski definition) is 1. The molecule has 1 aliphatic heterocycles. The number of benzene rings is 1. The normalized spacial score (nSPS) is 17.4. The third-order valence-electron chi connectivity index (χ3n) is 3.48. The maximum atomic E-state index is 5.33. The van der Waals surface area contributed by atoms with E-state index in [0.717, 1.165) is 35.2 Å². The van der Waals surface area contributed by atoms with Crippen LogP contribution in [0.5, 0.6) is 5.75 Å². The third-order valence-corrected chi connectivity index (χ3v) is 4.63. The summed E-state index contributed by atoms with van der Waals surface area (Å²) in [5, 5.41) is 4.37. The first kappa shape index (κ1) is 13.3. The molecule has 0 aliphatic carbocycles. The van der Waals surface area contributed by atoms with Gasteiger partial charge in [-0.05, 0) is 25.0 Å². The number of thioether (sulfide) groups is 1. The number of anilines is 1. The molecule has 1 heterocycles. The second-order valence-corrected chi connectivity index (χ2v) is 5.43.